The Hall–Kier alpha value is -2.00. The molecule has 0 spiro atoms. The molecule has 0 aliphatic carbocycles. The van der Waals surface area contributed by atoms with E-state index >= 15 is 0 Å². The number of halogens is 1. The van der Waals surface area contributed by atoms with Crippen LogP contribution < -0.4 is 10.6 Å². The second-order valence-electron chi connectivity index (χ2n) is 4.46. The van der Waals surface area contributed by atoms with Crippen LogP contribution in [0.1, 0.15) is 15.9 Å². The van der Waals surface area contributed by atoms with Gasteiger partial charge in [0.1, 0.15) is 0 Å². The average molecular weight is 289 g/mol. The summed E-state index contributed by atoms with van der Waals surface area (Å²) in [7, 11) is 1.85. The molecule has 0 heterocycles. The summed E-state index contributed by atoms with van der Waals surface area (Å²) in [4.78, 5) is 11.9. The lowest BCUT2D eigenvalue weighted by atomic mass is 10.1. The quantitative estimate of drug-likeness (QED) is 0.886. The van der Waals surface area contributed by atoms with Crippen molar-refractivity contribution in [3.8, 4) is 0 Å². The number of carbonyl (C=O) groups excluding carboxylic acids is 1. The van der Waals surface area contributed by atoms with Gasteiger partial charge in [0.2, 0.25) is 0 Å². The first kappa shape index (κ1) is 14.4. The highest BCUT2D eigenvalue weighted by Gasteiger charge is 2.04. The zero-order valence-corrected chi connectivity index (χ0v) is 12.1. The molecule has 0 radical (unpaired) electrons. The molecular weight excluding hydrogens is 272 g/mol. The molecule has 0 fully saturated rings. The number of amides is 1. The summed E-state index contributed by atoms with van der Waals surface area (Å²) >= 11 is 5.83. The minimum absolute atomic E-state index is 0.0541. The van der Waals surface area contributed by atoms with Crippen molar-refractivity contribution in [1.82, 2.24) is 5.32 Å². The molecule has 0 aromatic heterocycles. The Balaban J connectivity index is 1.83. The number of carbonyl (C=O) groups is 1. The Morgan fingerprint density at radius 3 is 2.30 bits per heavy atom. The van der Waals surface area contributed by atoms with Crippen LogP contribution in [0.3, 0.4) is 0 Å². The number of rotatable bonds is 5. The number of hydrogen-bond donors (Lipinski definition) is 2. The van der Waals surface area contributed by atoms with Crippen LogP contribution in [0.15, 0.2) is 48.5 Å². The van der Waals surface area contributed by atoms with Crippen molar-refractivity contribution in [2.24, 2.45) is 0 Å². The summed E-state index contributed by atoms with van der Waals surface area (Å²) in [6.45, 7) is 0.605. The fraction of sp³-hybridized carbons (Fsp3) is 0.188. The van der Waals surface area contributed by atoms with Gasteiger partial charge in [-0.25, -0.2) is 0 Å². The highest BCUT2D eigenvalue weighted by Crippen LogP contribution is 2.10. The second-order valence-corrected chi connectivity index (χ2v) is 4.90. The first-order chi connectivity index (χ1) is 9.69. The van der Waals surface area contributed by atoms with E-state index in [1.54, 1.807) is 0 Å². The Kier molecular flexibility index (Phi) is 5.02. The van der Waals surface area contributed by atoms with Crippen LogP contribution in [0, 0.1) is 0 Å². The number of nitrogens with one attached hydrogen (secondary N) is 2. The monoisotopic (exact) mass is 288 g/mol. The SMILES string of the molecule is CNc1ccc(C(=O)NCCc2ccc(Cl)cc2)cc1. The Morgan fingerprint density at radius 2 is 1.70 bits per heavy atom. The smallest absolute Gasteiger partial charge is 0.251 e. The third-order valence-electron chi connectivity index (χ3n) is 3.05. The zero-order valence-electron chi connectivity index (χ0n) is 11.3. The molecule has 20 heavy (non-hydrogen) atoms. The van der Waals surface area contributed by atoms with Crippen molar-refractivity contribution in [1.29, 1.82) is 0 Å². The highest BCUT2D eigenvalue weighted by atomic mass is 35.5. The first-order valence-corrected chi connectivity index (χ1v) is 6.87. The molecule has 0 atom stereocenters. The van der Waals surface area contributed by atoms with E-state index < -0.39 is 0 Å². The van der Waals surface area contributed by atoms with Gasteiger partial charge < -0.3 is 10.6 Å². The molecule has 2 rings (SSSR count). The van der Waals surface area contributed by atoms with E-state index in [0.717, 1.165) is 22.7 Å². The number of hydrogen-bond acceptors (Lipinski definition) is 2. The van der Waals surface area contributed by atoms with Gasteiger partial charge in [0.15, 0.2) is 0 Å². The zero-order chi connectivity index (χ0) is 14.4. The van der Waals surface area contributed by atoms with Crippen LogP contribution in [0.4, 0.5) is 5.69 Å². The lowest BCUT2D eigenvalue weighted by Crippen LogP contribution is -2.25. The molecule has 3 nitrogen and oxygen atoms in total. The van der Waals surface area contributed by atoms with E-state index in [-0.39, 0.29) is 5.91 Å². The van der Waals surface area contributed by atoms with E-state index in [4.69, 9.17) is 11.6 Å². The van der Waals surface area contributed by atoms with E-state index in [1.807, 2.05) is 55.6 Å². The molecule has 0 saturated heterocycles. The molecule has 0 unspecified atom stereocenters. The summed E-state index contributed by atoms with van der Waals surface area (Å²) in [5.74, 6) is -0.0541. The van der Waals surface area contributed by atoms with Crippen LogP contribution in [-0.2, 0) is 6.42 Å². The highest BCUT2D eigenvalue weighted by molar-refractivity contribution is 6.30. The number of anilines is 1. The summed E-state index contributed by atoms with van der Waals surface area (Å²) in [6.07, 6.45) is 0.789. The maximum absolute atomic E-state index is 11.9. The van der Waals surface area contributed by atoms with Gasteiger partial charge >= 0.3 is 0 Å². The van der Waals surface area contributed by atoms with Gasteiger partial charge in [0.25, 0.3) is 5.91 Å². The maximum atomic E-state index is 11.9. The molecular formula is C16H17ClN2O. The second kappa shape index (κ2) is 6.96. The van der Waals surface area contributed by atoms with Crippen LogP contribution in [-0.4, -0.2) is 19.5 Å². The summed E-state index contributed by atoms with van der Waals surface area (Å²) in [6, 6.07) is 15.0. The van der Waals surface area contributed by atoms with Crippen molar-refractivity contribution < 1.29 is 4.79 Å². The fourth-order valence-electron chi connectivity index (χ4n) is 1.86. The third-order valence-corrected chi connectivity index (χ3v) is 3.30. The summed E-state index contributed by atoms with van der Waals surface area (Å²) in [5.41, 5.74) is 2.81. The predicted molar refractivity (Wildman–Crippen MR) is 83.5 cm³/mol. The van der Waals surface area contributed by atoms with Crippen molar-refractivity contribution >= 4 is 23.2 Å². The normalized spacial score (nSPS) is 10.1. The molecule has 1 amide bonds. The third kappa shape index (κ3) is 4.00. The molecule has 4 heteroatoms. The van der Waals surface area contributed by atoms with E-state index in [0.29, 0.717) is 12.1 Å². The Labute approximate surface area is 124 Å². The van der Waals surface area contributed by atoms with Gasteiger partial charge in [0.05, 0.1) is 0 Å². The molecule has 2 N–H and O–H groups in total. The lowest BCUT2D eigenvalue weighted by molar-refractivity contribution is 0.0954. The molecule has 104 valence electrons. The lowest BCUT2D eigenvalue weighted by Gasteiger charge is -2.06. The number of benzene rings is 2. The van der Waals surface area contributed by atoms with Crippen molar-refractivity contribution in [3.63, 3.8) is 0 Å². The average Bonchev–Trinajstić information content (AvgIpc) is 2.49. The van der Waals surface area contributed by atoms with Gasteiger partial charge in [-0.3, -0.25) is 4.79 Å². The summed E-state index contributed by atoms with van der Waals surface area (Å²) < 4.78 is 0. The standard InChI is InChI=1S/C16H17ClN2O/c1-18-15-8-4-13(5-9-15)16(20)19-11-10-12-2-6-14(17)7-3-12/h2-9,18H,10-11H2,1H3,(H,19,20). The molecule has 2 aromatic carbocycles. The van der Waals surface area contributed by atoms with Gasteiger partial charge in [-0.1, -0.05) is 23.7 Å². The van der Waals surface area contributed by atoms with Crippen molar-refractivity contribution in [2.45, 2.75) is 6.42 Å². The van der Waals surface area contributed by atoms with Crippen LogP contribution in [0.5, 0.6) is 0 Å². The molecule has 0 bridgehead atoms. The van der Waals surface area contributed by atoms with Crippen LogP contribution in [0.2, 0.25) is 5.02 Å². The van der Waals surface area contributed by atoms with Gasteiger partial charge in [-0.2, -0.15) is 0 Å². The van der Waals surface area contributed by atoms with Crippen molar-refractivity contribution in [3.05, 3.63) is 64.7 Å². The topological polar surface area (TPSA) is 41.1 Å². The van der Waals surface area contributed by atoms with Gasteiger partial charge in [0, 0.05) is 29.9 Å². The minimum Gasteiger partial charge on any atom is -0.388 e. The predicted octanol–water partition coefficient (Wildman–Crippen LogP) is 3.35. The summed E-state index contributed by atoms with van der Waals surface area (Å²) in [5, 5.41) is 6.65. The Bertz CT molecular complexity index is 564. The minimum atomic E-state index is -0.0541. The van der Waals surface area contributed by atoms with Gasteiger partial charge in [-0.15, -0.1) is 0 Å². The van der Waals surface area contributed by atoms with Crippen LogP contribution >= 0.6 is 11.6 Å². The molecule has 0 saturated carbocycles. The maximum Gasteiger partial charge on any atom is 0.251 e. The fourth-order valence-corrected chi connectivity index (χ4v) is 1.99. The van der Waals surface area contributed by atoms with Crippen molar-refractivity contribution in [2.75, 3.05) is 18.9 Å². The first-order valence-electron chi connectivity index (χ1n) is 6.49. The van der Waals surface area contributed by atoms with E-state index in [1.165, 1.54) is 0 Å². The Morgan fingerprint density at radius 1 is 1.05 bits per heavy atom. The molecule has 0 aliphatic heterocycles. The van der Waals surface area contributed by atoms with E-state index in [2.05, 4.69) is 10.6 Å². The van der Waals surface area contributed by atoms with Gasteiger partial charge in [-0.05, 0) is 48.4 Å². The molecule has 0 aliphatic rings. The largest absolute Gasteiger partial charge is 0.388 e. The van der Waals surface area contributed by atoms with Crippen LogP contribution in [0.25, 0.3) is 0 Å². The molecule has 2 aromatic rings. The van der Waals surface area contributed by atoms with E-state index in [9.17, 15) is 4.79 Å².